The summed E-state index contributed by atoms with van der Waals surface area (Å²) in [6.07, 6.45) is -0.866. The van der Waals surface area contributed by atoms with Crippen molar-refractivity contribution in [1.82, 2.24) is 10.6 Å². The van der Waals surface area contributed by atoms with Crippen LogP contribution in [0.1, 0.15) is 25.5 Å². The maximum atomic E-state index is 13.0. The zero-order chi connectivity index (χ0) is 20.4. The Labute approximate surface area is 188 Å². The minimum atomic E-state index is -0.714. The van der Waals surface area contributed by atoms with Crippen molar-refractivity contribution in [3.8, 4) is 11.5 Å². The monoisotopic (exact) mass is 517 g/mol. The summed E-state index contributed by atoms with van der Waals surface area (Å²) in [6.45, 7) is 5.29. The van der Waals surface area contributed by atoms with Crippen LogP contribution < -0.4 is 20.1 Å². The Balaban J connectivity index is 0.00000420. The van der Waals surface area contributed by atoms with Crippen molar-refractivity contribution in [2.45, 2.75) is 26.1 Å². The molecule has 0 aliphatic heterocycles. The van der Waals surface area contributed by atoms with E-state index in [4.69, 9.17) is 9.47 Å². The van der Waals surface area contributed by atoms with Gasteiger partial charge in [0.1, 0.15) is 23.4 Å². The van der Waals surface area contributed by atoms with E-state index in [1.165, 1.54) is 12.1 Å². The fourth-order valence-corrected chi connectivity index (χ4v) is 2.48. The van der Waals surface area contributed by atoms with Gasteiger partial charge in [0.05, 0.1) is 26.3 Å². The maximum Gasteiger partial charge on any atom is 0.191 e. The fourth-order valence-electron chi connectivity index (χ4n) is 2.48. The number of nitrogens with one attached hydrogen (secondary N) is 2. The summed E-state index contributed by atoms with van der Waals surface area (Å²) in [6, 6.07) is 13.2. The summed E-state index contributed by atoms with van der Waals surface area (Å²) in [5, 5.41) is 16.7. The van der Waals surface area contributed by atoms with E-state index in [1.807, 2.05) is 26.0 Å². The van der Waals surface area contributed by atoms with Gasteiger partial charge in [0.25, 0.3) is 0 Å². The zero-order valence-electron chi connectivity index (χ0n) is 16.9. The smallest absolute Gasteiger partial charge is 0.191 e. The first-order chi connectivity index (χ1) is 13.5. The Morgan fingerprint density at radius 3 is 2.28 bits per heavy atom. The lowest BCUT2D eigenvalue weighted by Crippen LogP contribution is -2.42. The second-order valence-electron chi connectivity index (χ2n) is 6.27. The molecule has 2 unspecified atom stereocenters. The minimum absolute atomic E-state index is 0. The summed E-state index contributed by atoms with van der Waals surface area (Å²) in [5.41, 5.74) is 0.772. The van der Waals surface area contributed by atoms with E-state index in [2.05, 4.69) is 15.6 Å². The van der Waals surface area contributed by atoms with Crippen molar-refractivity contribution in [2.75, 3.05) is 26.7 Å². The first kappa shape index (κ1) is 25.0. The quantitative estimate of drug-likeness (QED) is 0.270. The van der Waals surface area contributed by atoms with Crippen molar-refractivity contribution in [1.29, 1.82) is 0 Å². The van der Waals surface area contributed by atoms with Crippen molar-refractivity contribution < 1.29 is 19.0 Å². The van der Waals surface area contributed by atoms with Gasteiger partial charge in [-0.25, -0.2) is 4.39 Å². The van der Waals surface area contributed by atoms with Crippen molar-refractivity contribution >= 4 is 29.9 Å². The van der Waals surface area contributed by atoms with E-state index in [1.54, 1.807) is 31.4 Å². The summed E-state index contributed by atoms with van der Waals surface area (Å²) >= 11 is 0. The van der Waals surface area contributed by atoms with Crippen LogP contribution in [-0.4, -0.2) is 43.9 Å². The molecule has 0 amide bonds. The third-order valence-electron chi connectivity index (χ3n) is 3.98. The van der Waals surface area contributed by atoms with Gasteiger partial charge in [0.15, 0.2) is 5.96 Å². The highest BCUT2D eigenvalue weighted by Gasteiger charge is 2.09. The molecule has 29 heavy (non-hydrogen) atoms. The minimum Gasteiger partial charge on any atom is -0.497 e. The molecule has 3 N–H and O–H groups in total. The van der Waals surface area contributed by atoms with E-state index in [0.717, 1.165) is 11.3 Å². The van der Waals surface area contributed by atoms with Crippen molar-refractivity contribution in [3.63, 3.8) is 0 Å². The van der Waals surface area contributed by atoms with Crippen LogP contribution >= 0.6 is 24.0 Å². The molecule has 2 rings (SSSR count). The lowest BCUT2D eigenvalue weighted by molar-refractivity contribution is 0.187. The van der Waals surface area contributed by atoms with Gasteiger partial charge in [-0.05, 0) is 55.8 Å². The number of hydrogen-bond donors (Lipinski definition) is 3. The van der Waals surface area contributed by atoms with Gasteiger partial charge in [0, 0.05) is 6.54 Å². The van der Waals surface area contributed by atoms with Crippen LogP contribution in [0.3, 0.4) is 0 Å². The molecule has 2 atom stereocenters. The van der Waals surface area contributed by atoms with Crippen LogP contribution in [-0.2, 0) is 0 Å². The molecule has 8 heteroatoms. The predicted octanol–water partition coefficient (Wildman–Crippen LogP) is 3.51. The zero-order valence-corrected chi connectivity index (χ0v) is 19.2. The Kier molecular flexibility index (Phi) is 11.4. The van der Waals surface area contributed by atoms with Gasteiger partial charge in [0.2, 0.25) is 0 Å². The van der Waals surface area contributed by atoms with Crippen LogP contribution in [0.25, 0.3) is 0 Å². The van der Waals surface area contributed by atoms with Crippen LogP contribution in [0.5, 0.6) is 11.5 Å². The summed E-state index contributed by atoms with van der Waals surface area (Å²) in [7, 11) is 1.60. The number of ether oxygens (including phenoxy) is 2. The number of aliphatic hydroxyl groups is 1. The van der Waals surface area contributed by atoms with Crippen LogP contribution in [0.2, 0.25) is 0 Å². The standard InChI is InChI=1S/C21H28FN3O3.HI/c1-4-23-21(24-13-15(2)28-19-11-7-17(22)8-12-19)25-14-20(26)16-5-9-18(27-3)10-6-16;/h5-12,15,20,26H,4,13-14H2,1-3H3,(H2,23,24,25);1H. The summed E-state index contributed by atoms with van der Waals surface area (Å²) < 4.78 is 23.8. The molecule has 0 radical (unpaired) electrons. The number of hydrogen-bond acceptors (Lipinski definition) is 4. The van der Waals surface area contributed by atoms with Gasteiger partial charge in [-0.2, -0.15) is 0 Å². The largest absolute Gasteiger partial charge is 0.497 e. The third-order valence-corrected chi connectivity index (χ3v) is 3.98. The molecule has 2 aromatic carbocycles. The second-order valence-corrected chi connectivity index (χ2v) is 6.27. The number of aliphatic imine (C=N–C) groups is 1. The summed E-state index contributed by atoms with van der Waals surface area (Å²) in [4.78, 5) is 4.43. The molecule has 0 saturated heterocycles. The molecule has 0 aromatic heterocycles. The van der Waals surface area contributed by atoms with E-state index < -0.39 is 6.10 Å². The molecule has 0 spiro atoms. The van der Waals surface area contributed by atoms with E-state index in [-0.39, 0.29) is 42.4 Å². The SMILES string of the molecule is CCNC(=NCC(O)c1ccc(OC)cc1)NCC(C)Oc1ccc(F)cc1.I. The Morgan fingerprint density at radius 1 is 1.07 bits per heavy atom. The molecule has 0 saturated carbocycles. The Morgan fingerprint density at radius 2 is 1.69 bits per heavy atom. The first-order valence-electron chi connectivity index (χ1n) is 9.28. The molecule has 0 heterocycles. The highest BCUT2D eigenvalue weighted by atomic mass is 127. The number of benzene rings is 2. The highest BCUT2D eigenvalue weighted by molar-refractivity contribution is 14.0. The topological polar surface area (TPSA) is 75.1 Å². The normalized spacial score (nSPS) is 13.1. The average Bonchev–Trinajstić information content (AvgIpc) is 2.71. The molecule has 160 valence electrons. The van der Waals surface area contributed by atoms with Gasteiger partial charge >= 0.3 is 0 Å². The maximum absolute atomic E-state index is 13.0. The van der Waals surface area contributed by atoms with Crippen molar-refractivity contribution in [3.05, 3.63) is 59.9 Å². The Bertz CT molecular complexity index is 742. The molecule has 0 bridgehead atoms. The lowest BCUT2D eigenvalue weighted by atomic mass is 10.1. The van der Waals surface area contributed by atoms with Crippen molar-refractivity contribution in [2.24, 2.45) is 4.99 Å². The summed E-state index contributed by atoms with van der Waals surface area (Å²) in [5.74, 6) is 1.64. The molecule has 6 nitrogen and oxygen atoms in total. The molecule has 2 aromatic rings. The van der Waals surface area contributed by atoms with E-state index >= 15 is 0 Å². The molecule has 0 fully saturated rings. The lowest BCUT2D eigenvalue weighted by Gasteiger charge is -2.18. The predicted molar refractivity (Wildman–Crippen MR) is 124 cm³/mol. The number of aliphatic hydroxyl groups excluding tert-OH is 1. The number of guanidine groups is 1. The number of halogens is 2. The molecular weight excluding hydrogens is 488 g/mol. The number of rotatable bonds is 9. The van der Waals surface area contributed by atoms with Gasteiger partial charge < -0.3 is 25.2 Å². The van der Waals surface area contributed by atoms with Crippen LogP contribution in [0, 0.1) is 5.82 Å². The first-order valence-corrected chi connectivity index (χ1v) is 9.28. The average molecular weight is 517 g/mol. The van der Waals surface area contributed by atoms with E-state index in [0.29, 0.717) is 24.8 Å². The molecule has 0 aliphatic rings. The van der Waals surface area contributed by atoms with Gasteiger partial charge in [-0.15, -0.1) is 24.0 Å². The second kappa shape index (κ2) is 13.2. The number of methoxy groups -OCH3 is 1. The third kappa shape index (κ3) is 8.86. The van der Waals surface area contributed by atoms with Gasteiger partial charge in [-0.1, -0.05) is 12.1 Å². The Hall–Kier alpha value is -2.07. The fraction of sp³-hybridized carbons (Fsp3) is 0.381. The highest BCUT2D eigenvalue weighted by Crippen LogP contribution is 2.17. The molecular formula is C21H29FIN3O3. The van der Waals surface area contributed by atoms with Crippen LogP contribution in [0.4, 0.5) is 4.39 Å². The van der Waals surface area contributed by atoms with E-state index in [9.17, 15) is 9.50 Å². The van der Waals surface area contributed by atoms with Crippen LogP contribution in [0.15, 0.2) is 53.5 Å². The molecule has 0 aliphatic carbocycles. The number of nitrogens with zero attached hydrogens (tertiary/aromatic N) is 1. The van der Waals surface area contributed by atoms with Gasteiger partial charge in [-0.3, -0.25) is 4.99 Å².